The maximum Gasteiger partial charge on any atom is 0.287 e. The van der Waals surface area contributed by atoms with Crippen LogP contribution in [-0.2, 0) is 6.42 Å². The lowest BCUT2D eigenvalue weighted by atomic mass is 9.98. The molecule has 6 heteroatoms. The first-order valence-corrected chi connectivity index (χ1v) is 9.98. The second-order valence-corrected chi connectivity index (χ2v) is 7.36. The molecule has 0 fully saturated rings. The Morgan fingerprint density at radius 3 is 2.54 bits per heavy atom. The minimum Gasteiger partial charge on any atom is -0.490 e. The van der Waals surface area contributed by atoms with Crippen LogP contribution in [0, 0.1) is 0 Å². The number of furan rings is 1. The Morgan fingerprint density at radius 2 is 1.79 bits per heavy atom. The smallest absolute Gasteiger partial charge is 0.287 e. The number of nitrogens with one attached hydrogen (secondary N) is 1. The number of hydrogen-bond acceptors (Lipinski definition) is 4. The monoisotopic (exact) mass is 441 g/mol. The van der Waals surface area contributed by atoms with Crippen LogP contribution in [0.5, 0.6) is 11.5 Å². The Balaban J connectivity index is 1.62. The molecule has 1 N–H and O–H groups in total. The number of carbonyl (C=O) groups excluding carboxylic acids is 1. The zero-order valence-electron chi connectivity index (χ0n) is 15.2. The van der Waals surface area contributed by atoms with Gasteiger partial charge < -0.3 is 19.2 Å². The fourth-order valence-electron chi connectivity index (χ4n) is 3.16. The highest BCUT2D eigenvalue weighted by atomic mass is 79.9. The third kappa shape index (κ3) is 4.39. The molecule has 0 spiro atoms. The highest BCUT2D eigenvalue weighted by Crippen LogP contribution is 2.33. The molecule has 1 amide bonds. The summed E-state index contributed by atoms with van der Waals surface area (Å²) < 4.78 is 17.5. The summed E-state index contributed by atoms with van der Waals surface area (Å²) in [4.78, 5) is 12.7. The normalized spacial score (nSPS) is 14.2. The van der Waals surface area contributed by atoms with E-state index in [1.54, 1.807) is 12.1 Å². The lowest BCUT2D eigenvalue weighted by Gasteiger charge is -2.20. The summed E-state index contributed by atoms with van der Waals surface area (Å²) in [5.74, 6) is 1.45. The van der Waals surface area contributed by atoms with E-state index in [9.17, 15) is 4.79 Å². The van der Waals surface area contributed by atoms with Gasteiger partial charge in [0, 0.05) is 6.42 Å². The third-order valence-corrected chi connectivity index (χ3v) is 4.99. The van der Waals surface area contributed by atoms with Crippen LogP contribution < -0.4 is 14.8 Å². The molecule has 0 saturated carbocycles. The molecule has 5 nitrogen and oxygen atoms in total. The van der Waals surface area contributed by atoms with Gasteiger partial charge in [0.15, 0.2) is 21.9 Å². The molecule has 0 bridgehead atoms. The highest BCUT2D eigenvalue weighted by molar-refractivity contribution is 9.10. The summed E-state index contributed by atoms with van der Waals surface area (Å²) in [6, 6.07) is 19.0. The summed E-state index contributed by atoms with van der Waals surface area (Å²) in [5.41, 5.74) is 2.08. The number of hydrogen-bond donors (Lipinski definition) is 1. The Morgan fingerprint density at radius 1 is 1.00 bits per heavy atom. The number of amides is 1. The number of carbonyl (C=O) groups is 1. The van der Waals surface area contributed by atoms with Crippen molar-refractivity contribution in [3.63, 3.8) is 0 Å². The maximum atomic E-state index is 12.7. The molecular formula is C22H20BrNO4. The second kappa shape index (κ2) is 8.52. The van der Waals surface area contributed by atoms with Gasteiger partial charge in [-0.05, 0) is 57.7 Å². The van der Waals surface area contributed by atoms with Gasteiger partial charge >= 0.3 is 0 Å². The van der Waals surface area contributed by atoms with Crippen LogP contribution in [0.1, 0.15) is 34.1 Å². The molecule has 4 rings (SSSR count). The molecule has 1 aliphatic heterocycles. The van der Waals surface area contributed by atoms with Crippen molar-refractivity contribution >= 4 is 21.8 Å². The van der Waals surface area contributed by atoms with E-state index in [0.29, 0.717) is 30.1 Å². The van der Waals surface area contributed by atoms with Gasteiger partial charge in [-0.2, -0.15) is 0 Å². The van der Waals surface area contributed by atoms with Crippen LogP contribution in [0.3, 0.4) is 0 Å². The van der Waals surface area contributed by atoms with Crippen molar-refractivity contribution in [3.05, 3.63) is 82.2 Å². The van der Waals surface area contributed by atoms with E-state index in [1.165, 1.54) is 0 Å². The van der Waals surface area contributed by atoms with Gasteiger partial charge in [-0.25, -0.2) is 0 Å². The molecule has 144 valence electrons. The molecule has 2 aromatic carbocycles. The van der Waals surface area contributed by atoms with Crippen molar-refractivity contribution in [1.29, 1.82) is 0 Å². The molecular weight excluding hydrogens is 422 g/mol. The minimum atomic E-state index is -0.265. The van der Waals surface area contributed by atoms with Crippen molar-refractivity contribution in [1.82, 2.24) is 5.32 Å². The van der Waals surface area contributed by atoms with Gasteiger partial charge in [0.25, 0.3) is 5.91 Å². The zero-order valence-corrected chi connectivity index (χ0v) is 16.8. The fraction of sp³-hybridized carbons (Fsp3) is 0.227. The standard InChI is InChI=1S/C22H20BrNO4/c23-21-10-9-19(28-21)22(25)24-17(13-15-5-2-1-3-6-15)16-7-8-18-20(14-16)27-12-4-11-26-18/h1-3,5-10,14,17H,4,11-13H2,(H,24,25). The van der Waals surface area contributed by atoms with E-state index in [2.05, 4.69) is 21.2 Å². The van der Waals surface area contributed by atoms with Gasteiger partial charge in [-0.15, -0.1) is 0 Å². The second-order valence-electron chi connectivity index (χ2n) is 6.58. The van der Waals surface area contributed by atoms with Crippen LogP contribution >= 0.6 is 15.9 Å². The van der Waals surface area contributed by atoms with Crippen LogP contribution in [0.25, 0.3) is 0 Å². The molecule has 3 aromatic rings. The Kier molecular flexibility index (Phi) is 5.67. The van der Waals surface area contributed by atoms with Gasteiger partial charge in [-0.3, -0.25) is 4.79 Å². The summed E-state index contributed by atoms with van der Waals surface area (Å²) >= 11 is 3.24. The first kappa shape index (κ1) is 18.6. The summed E-state index contributed by atoms with van der Waals surface area (Å²) in [5, 5.41) is 3.08. The molecule has 1 atom stereocenters. The lowest BCUT2D eigenvalue weighted by Crippen LogP contribution is -2.29. The first-order chi connectivity index (χ1) is 13.7. The average molecular weight is 442 g/mol. The summed E-state index contributed by atoms with van der Waals surface area (Å²) in [7, 11) is 0. The van der Waals surface area contributed by atoms with Crippen molar-refractivity contribution in [2.24, 2.45) is 0 Å². The molecule has 28 heavy (non-hydrogen) atoms. The average Bonchev–Trinajstić information content (AvgIpc) is 3.01. The quantitative estimate of drug-likeness (QED) is 0.610. The zero-order chi connectivity index (χ0) is 19.3. The Hall–Kier alpha value is -2.73. The van der Waals surface area contributed by atoms with Crippen molar-refractivity contribution < 1.29 is 18.7 Å². The van der Waals surface area contributed by atoms with Crippen LogP contribution in [-0.4, -0.2) is 19.1 Å². The molecule has 0 aliphatic carbocycles. The fourth-order valence-corrected chi connectivity index (χ4v) is 3.47. The van der Waals surface area contributed by atoms with E-state index in [0.717, 1.165) is 23.3 Å². The van der Waals surface area contributed by atoms with Crippen LogP contribution in [0.2, 0.25) is 0 Å². The van der Waals surface area contributed by atoms with Crippen molar-refractivity contribution in [2.75, 3.05) is 13.2 Å². The van der Waals surface area contributed by atoms with Gasteiger partial charge in [0.05, 0.1) is 19.3 Å². The summed E-state index contributed by atoms with van der Waals surface area (Å²) in [6.45, 7) is 1.26. The Labute approximate surface area is 171 Å². The number of fused-ring (bicyclic) bond motifs is 1. The SMILES string of the molecule is O=C(NC(Cc1ccccc1)c1ccc2c(c1)OCCCO2)c1ccc(Br)o1. The largest absolute Gasteiger partial charge is 0.490 e. The molecule has 0 radical (unpaired) electrons. The number of halogens is 1. The molecule has 0 saturated heterocycles. The summed E-state index contributed by atoms with van der Waals surface area (Å²) in [6.07, 6.45) is 1.50. The predicted octanol–water partition coefficient (Wildman–Crippen LogP) is 4.92. The van der Waals surface area contributed by atoms with Crippen LogP contribution in [0.4, 0.5) is 0 Å². The highest BCUT2D eigenvalue weighted by Gasteiger charge is 2.21. The van der Waals surface area contributed by atoms with Gasteiger partial charge in [0.2, 0.25) is 0 Å². The molecule has 1 aromatic heterocycles. The van der Waals surface area contributed by atoms with Crippen molar-refractivity contribution in [2.45, 2.75) is 18.9 Å². The maximum absolute atomic E-state index is 12.7. The van der Waals surface area contributed by atoms with Gasteiger partial charge in [-0.1, -0.05) is 36.4 Å². The van der Waals surface area contributed by atoms with E-state index in [-0.39, 0.29) is 17.7 Å². The number of benzene rings is 2. The van der Waals surface area contributed by atoms with E-state index < -0.39 is 0 Å². The molecule has 1 unspecified atom stereocenters. The minimum absolute atomic E-state index is 0.240. The third-order valence-electron chi connectivity index (χ3n) is 4.56. The predicted molar refractivity (Wildman–Crippen MR) is 109 cm³/mol. The first-order valence-electron chi connectivity index (χ1n) is 9.19. The van der Waals surface area contributed by atoms with Crippen LogP contribution in [0.15, 0.2) is 69.8 Å². The number of ether oxygens (including phenoxy) is 2. The topological polar surface area (TPSA) is 60.7 Å². The van der Waals surface area contributed by atoms with E-state index in [4.69, 9.17) is 13.9 Å². The van der Waals surface area contributed by atoms with E-state index >= 15 is 0 Å². The molecule has 2 heterocycles. The van der Waals surface area contributed by atoms with Gasteiger partial charge in [0.1, 0.15) is 0 Å². The number of rotatable bonds is 5. The van der Waals surface area contributed by atoms with E-state index in [1.807, 2.05) is 48.5 Å². The molecule has 1 aliphatic rings. The lowest BCUT2D eigenvalue weighted by molar-refractivity contribution is 0.0907. The Bertz CT molecular complexity index is 954. The van der Waals surface area contributed by atoms with Crippen molar-refractivity contribution in [3.8, 4) is 11.5 Å².